The van der Waals surface area contributed by atoms with E-state index in [1.807, 2.05) is 13.8 Å². The molecular weight excluding hydrogens is 306 g/mol. The summed E-state index contributed by atoms with van der Waals surface area (Å²) in [4.78, 5) is 0.253. The zero-order chi connectivity index (χ0) is 13.3. The molecule has 0 amide bonds. The predicted molar refractivity (Wildman–Crippen MR) is 70.8 cm³/mol. The minimum absolute atomic E-state index is 0.126. The molecule has 0 aliphatic rings. The van der Waals surface area contributed by atoms with E-state index in [1.54, 1.807) is 13.8 Å². The van der Waals surface area contributed by atoms with Crippen molar-refractivity contribution in [2.24, 2.45) is 5.41 Å². The predicted octanol–water partition coefficient (Wildman–Crippen LogP) is 1.73. The molecule has 1 aromatic rings. The van der Waals surface area contributed by atoms with E-state index in [2.05, 4.69) is 30.8 Å². The summed E-state index contributed by atoms with van der Waals surface area (Å²) >= 11 is 3.36. The lowest BCUT2D eigenvalue weighted by atomic mass is 9.98. The number of nitrogens with one attached hydrogen (secondary N) is 2. The van der Waals surface area contributed by atoms with Crippen molar-refractivity contribution in [1.82, 2.24) is 14.9 Å². The third-order valence-corrected chi connectivity index (χ3v) is 5.61. The Morgan fingerprint density at radius 1 is 1.41 bits per heavy atom. The Kier molecular flexibility index (Phi) is 4.38. The van der Waals surface area contributed by atoms with Crippen molar-refractivity contribution < 1.29 is 8.42 Å². The second-order valence-electron chi connectivity index (χ2n) is 4.89. The van der Waals surface area contributed by atoms with Crippen LogP contribution in [0.2, 0.25) is 0 Å². The number of aromatic nitrogens is 2. The van der Waals surface area contributed by atoms with Gasteiger partial charge in [0.15, 0.2) is 0 Å². The SMILES string of the molecule is Cc1n[nH]c(C)c1S(=O)(=O)NCC(C)(C)CBr. The van der Waals surface area contributed by atoms with Crippen LogP contribution in [0, 0.1) is 19.3 Å². The molecule has 0 atom stereocenters. The average Bonchev–Trinajstić information content (AvgIpc) is 2.57. The van der Waals surface area contributed by atoms with Gasteiger partial charge in [-0.15, -0.1) is 0 Å². The van der Waals surface area contributed by atoms with E-state index in [0.29, 0.717) is 17.9 Å². The van der Waals surface area contributed by atoms with Crippen molar-refractivity contribution in [1.29, 1.82) is 0 Å². The lowest BCUT2D eigenvalue weighted by Gasteiger charge is -2.21. The van der Waals surface area contributed by atoms with E-state index in [-0.39, 0.29) is 10.3 Å². The molecule has 0 saturated heterocycles. The highest BCUT2D eigenvalue weighted by Gasteiger charge is 2.25. The van der Waals surface area contributed by atoms with Gasteiger partial charge >= 0.3 is 0 Å². The van der Waals surface area contributed by atoms with Crippen LogP contribution in [0.4, 0.5) is 0 Å². The van der Waals surface area contributed by atoms with Crippen LogP contribution in [0.1, 0.15) is 25.2 Å². The Bertz CT molecular complexity index is 474. The lowest BCUT2D eigenvalue weighted by molar-refractivity contribution is 0.420. The molecule has 1 heterocycles. The summed E-state index contributed by atoms with van der Waals surface area (Å²) < 4.78 is 26.8. The van der Waals surface area contributed by atoms with E-state index < -0.39 is 10.0 Å². The highest BCUT2D eigenvalue weighted by molar-refractivity contribution is 9.09. The number of aryl methyl sites for hydroxylation is 2. The van der Waals surface area contributed by atoms with Crippen LogP contribution in [0.3, 0.4) is 0 Å². The van der Waals surface area contributed by atoms with Gasteiger partial charge in [-0.1, -0.05) is 29.8 Å². The van der Waals surface area contributed by atoms with Crippen LogP contribution in [-0.2, 0) is 10.0 Å². The Balaban J connectivity index is 2.91. The molecule has 5 nitrogen and oxygen atoms in total. The summed E-state index contributed by atoms with van der Waals surface area (Å²) in [5.74, 6) is 0. The molecule has 1 aromatic heterocycles. The number of halogens is 1. The normalized spacial score (nSPS) is 13.0. The van der Waals surface area contributed by atoms with Gasteiger partial charge < -0.3 is 0 Å². The van der Waals surface area contributed by atoms with Gasteiger partial charge in [0.25, 0.3) is 0 Å². The topological polar surface area (TPSA) is 74.8 Å². The third-order valence-electron chi connectivity index (χ3n) is 2.43. The summed E-state index contributed by atoms with van der Waals surface area (Å²) in [5.41, 5.74) is 0.928. The number of rotatable bonds is 5. The molecule has 0 saturated carbocycles. The maximum Gasteiger partial charge on any atom is 0.244 e. The van der Waals surface area contributed by atoms with Crippen molar-refractivity contribution in [3.63, 3.8) is 0 Å². The average molecular weight is 324 g/mol. The number of nitrogens with zero attached hydrogens (tertiary/aromatic N) is 1. The lowest BCUT2D eigenvalue weighted by Crippen LogP contribution is -2.35. The van der Waals surface area contributed by atoms with E-state index in [4.69, 9.17) is 0 Å². The molecule has 0 spiro atoms. The van der Waals surface area contributed by atoms with Gasteiger partial charge in [0.05, 0.1) is 11.4 Å². The molecular formula is C10H18BrN3O2S. The monoisotopic (exact) mass is 323 g/mol. The molecule has 0 bridgehead atoms. The van der Waals surface area contributed by atoms with E-state index in [0.717, 1.165) is 5.33 Å². The number of aromatic amines is 1. The number of sulfonamides is 1. The summed E-state index contributed by atoms with van der Waals surface area (Å²) in [6, 6.07) is 0. The number of hydrogen-bond acceptors (Lipinski definition) is 3. The molecule has 0 aliphatic heterocycles. The highest BCUT2D eigenvalue weighted by Crippen LogP contribution is 2.20. The second kappa shape index (κ2) is 5.07. The van der Waals surface area contributed by atoms with Gasteiger partial charge in [-0.25, -0.2) is 13.1 Å². The quantitative estimate of drug-likeness (QED) is 0.810. The van der Waals surface area contributed by atoms with Crippen molar-refractivity contribution in [3.8, 4) is 0 Å². The fourth-order valence-electron chi connectivity index (χ4n) is 1.35. The van der Waals surface area contributed by atoms with Crippen LogP contribution in [0.5, 0.6) is 0 Å². The molecule has 0 aliphatic carbocycles. The molecule has 1 rings (SSSR count). The maximum atomic E-state index is 12.1. The molecule has 7 heteroatoms. The maximum absolute atomic E-state index is 12.1. The summed E-state index contributed by atoms with van der Waals surface area (Å²) in [5, 5.41) is 7.30. The molecule has 17 heavy (non-hydrogen) atoms. The molecule has 2 N–H and O–H groups in total. The van der Waals surface area contributed by atoms with Gasteiger partial charge in [-0.2, -0.15) is 5.10 Å². The first-order chi connectivity index (χ1) is 7.69. The first kappa shape index (κ1) is 14.7. The van der Waals surface area contributed by atoms with Gasteiger partial charge in [0.2, 0.25) is 10.0 Å². The zero-order valence-corrected chi connectivity index (χ0v) is 12.9. The van der Waals surface area contributed by atoms with E-state index in [9.17, 15) is 8.42 Å². The first-order valence-corrected chi connectivity index (χ1v) is 7.87. The van der Waals surface area contributed by atoms with Crippen molar-refractivity contribution in [2.75, 3.05) is 11.9 Å². The van der Waals surface area contributed by atoms with Crippen LogP contribution < -0.4 is 4.72 Å². The smallest absolute Gasteiger partial charge is 0.244 e. The number of H-pyrrole nitrogens is 1. The van der Waals surface area contributed by atoms with Crippen molar-refractivity contribution >= 4 is 26.0 Å². The van der Waals surface area contributed by atoms with Crippen LogP contribution in [-0.4, -0.2) is 30.5 Å². The Morgan fingerprint density at radius 2 is 2.00 bits per heavy atom. The molecule has 0 radical (unpaired) electrons. The first-order valence-electron chi connectivity index (χ1n) is 5.27. The van der Waals surface area contributed by atoms with E-state index in [1.165, 1.54) is 0 Å². The second-order valence-corrected chi connectivity index (χ2v) is 7.15. The van der Waals surface area contributed by atoms with Gasteiger partial charge in [0.1, 0.15) is 4.90 Å². The Labute approximate surface area is 111 Å². The fraction of sp³-hybridized carbons (Fsp3) is 0.700. The molecule has 98 valence electrons. The third kappa shape index (κ3) is 3.53. The van der Waals surface area contributed by atoms with Crippen LogP contribution in [0.15, 0.2) is 4.90 Å². The summed E-state index contributed by atoms with van der Waals surface area (Å²) in [6.45, 7) is 7.72. The van der Waals surface area contributed by atoms with Crippen LogP contribution >= 0.6 is 15.9 Å². The largest absolute Gasteiger partial charge is 0.281 e. The standard InChI is InChI=1S/C10H18BrN3O2S/c1-7-9(8(2)14-13-7)17(15,16)12-6-10(3,4)5-11/h12H,5-6H2,1-4H3,(H,13,14). The Hall–Kier alpha value is -0.400. The van der Waals surface area contributed by atoms with Gasteiger partial charge in [-0.3, -0.25) is 5.10 Å². The van der Waals surface area contributed by atoms with Gasteiger partial charge in [-0.05, 0) is 19.3 Å². The Morgan fingerprint density at radius 3 is 2.41 bits per heavy atom. The highest BCUT2D eigenvalue weighted by atomic mass is 79.9. The van der Waals surface area contributed by atoms with Crippen LogP contribution in [0.25, 0.3) is 0 Å². The van der Waals surface area contributed by atoms with Gasteiger partial charge in [0, 0.05) is 11.9 Å². The molecule has 0 fully saturated rings. The minimum Gasteiger partial charge on any atom is -0.281 e. The number of alkyl halides is 1. The summed E-state index contributed by atoms with van der Waals surface area (Å²) in [6.07, 6.45) is 0. The molecule has 0 aromatic carbocycles. The fourth-order valence-corrected chi connectivity index (χ4v) is 3.15. The minimum atomic E-state index is -3.49. The van der Waals surface area contributed by atoms with Crippen molar-refractivity contribution in [3.05, 3.63) is 11.4 Å². The van der Waals surface area contributed by atoms with Crippen molar-refractivity contribution in [2.45, 2.75) is 32.6 Å². The van der Waals surface area contributed by atoms with E-state index >= 15 is 0 Å². The molecule has 0 unspecified atom stereocenters. The summed E-state index contributed by atoms with van der Waals surface area (Å²) in [7, 11) is -3.49. The number of hydrogen-bond donors (Lipinski definition) is 2. The zero-order valence-electron chi connectivity index (χ0n) is 10.5.